The fourth-order valence-electron chi connectivity index (χ4n) is 3.38. The molecule has 3 N–H and O–H groups in total. The molecule has 1 aliphatic carbocycles. The molecular formula is C16H19N5. The molecule has 1 aromatic carbocycles. The Morgan fingerprint density at radius 3 is 2.86 bits per heavy atom. The zero-order valence-electron chi connectivity index (χ0n) is 12.1. The molecular weight excluding hydrogens is 262 g/mol. The van der Waals surface area contributed by atoms with Gasteiger partial charge in [0.05, 0.1) is 16.8 Å². The number of nitrogen functional groups attached to an aromatic ring is 1. The Labute approximate surface area is 123 Å². The van der Waals surface area contributed by atoms with Crippen LogP contribution < -0.4 is 5.73 Å². The molecule has 0 spiro atoms. The van der Waals surface area contributed by atoms with E-state index in [0.717, 1.165) is 22.4 Å². The van der Waals surface area contributed by atoms with Gasteiger partial charge in [-0.2, -0.15) is 10.2 Å². The molecule has 3 aromatic rings. The molecule has 0 aliphatic heterocycles. The summed E-state index contributed by atoms with van der Waals surface area (Å²) in [7, 11) is 0. The lowest BCUT2D eigenvalue weighted by Gasteiger charge is -2.06. The first-order valence-electron chi connectivity index (χ1n) is 7.53. The summed E-state index contributed by atoms with van der Waals surface area (Å²) in [5.74, 6) is 1.14. The number of anilines is 1. The third-order valence-electron chi connectivity index (χ3n) is 4.43. The van der Waals surface area contributed by atoms with Crippen molar-refractivity contribution in [3.8, 4) is 5.69 Å². The van der Waals surface area contributed by atoms with Gasteiger partial charge in [-0.3, -0.25) is 5.10 Å². The molecule has 2 aromatic heterocycles. The van der Waals surface area contributed by atoms with Gasteiger partial charge >= 0.3 is 0 Å². The summed E-state index contributed by atoms with van der Waals surface area (Å²) in [6.07, 6.45) is 4.96. The summed E-state index contributed by atoms with van der Waals surface area (Å²) in [5, 5.41) is 13.1. The fraction of sp³-hybridized carbons (Fsp3) is 0.375. The van der Waals surface area contributed by atoms with E-state index in [-0.39, 0.29) is 0 Å². The Bertz CT molecular complexity index is 792. The van der Waals surface area contributed by atoms with Gasteiger partial charge in [0.2, 0.25) is 0 Å². The average Bonchev–Trinajstić information content (AvgIpc) is 3.17. The number of nitrogens with zero attached hydrogens (tertiary/aromatic N) is 3. The van der Waals surface area contributed by atoms with Crippen molar-refractivity contribution in [1.29, 1.82) is 0 Å². The molecule has 0 unspecified atom stereocenters. The minimum absolute atomic E-state index is 0.512. The van der Waals surface area contributed by atoms with E-state index in [1.165, 1.54) is 31.2 Å². The van der Waals surface area contributed by atoms with Crippen LogP contribution in [0.4, 0.5) is 5.82 Å². The lowest BCUT2D eigenvalue weighted by Crippen LogP contribution is -2.01. The number of hydrogen-bond donors (Lipinski definition) is 2. The molecule has 1 fully saturated rings. The van der Waals surface area contributed by atoms with Gasteiger partial charge in [-0.25, -0.2) is 4.68 Å². The minimum Gasteiger partial charge on any atom is -0.383 e. The Morgan fingerprint density at radius 1 is 1.29 bits per heavy atom. The van der Waals surface area contributed by atoms with E-state index < -0.39 is 0 Å². The number of benzene rings is 1. The van der Waals surface area contributed by atoms with Crippen molar-refractivity contribution < 1.29 is 0 Å². The summed E-state index contributed by atoms with van der Waals surface area (Å²) in [6, 6.07) is 8.31. The predicted molar refractivity (Wildman–Crippen MR) is 83.6 cm³/mol. The summed E-state index contributed by atoms with van der Waals surface area (Å²) < 4.78 is 1.92. The summed E-state index contributed by atoms with van der Waals surface area (Å²) in [4.78, 5) is 0. The number of aromatic amines is 1. The van der Waals surface area contributed by atoms with E-state index >= 15 is 0 Å². The number of aromatic nitrogens is 4. The normalized spacial score (nSPS) is 16.0. The number of hydrogen-bond acceptors (Lipinski definition) is 3. The lowest BCUT2D eigenvalue weighted by atomic mass is 10.0. The molecule has 5 heteroatoms. The van der Waals surface area contributed by atoms with Crippen LogP contribution in [0.1, 0.15) is 42.9 Å². The van der Waals surface area contributed by atoms with Crippen molar-refractivity contribution in [1.82, 2.24) is 20.0 Å². The highest BCUT2D eigenvalue weighted by atomic mass is 15.4. The molecule has 1 saturated carbocycles. The third kappa shape index (κ3) is 1.92. The zero-order valence-corrected chi connectivity index (χ0v) is 12.1. The average molecular weight is 281 g/mol. The third-order valence-corrected chi connectivity index (χ3v) is 4.43. The van der Waals surface area contributed by atoms with Crippen molar-refractivity contribution in [3.63, 3.8) is 0 Å². The highest BCUT2D eigenvalue weighted by Gasteiger charge is 2.26. The summed E-state index contributed by atoms with van der Waals surface area (Å²) in [5.41, 5.74) is 10.3. The minimum atomic E-state index is 0.512. The second-order valence-corrected chi connectivity index (χ2v) is 5.95. The van der Waals surface area contributed by atoms with Crippen LogP contribution in [-0.2, 0) is 0 Å². The van der Waals surface area contributed by atoms with Gasteiger partial charge in [-0.1, -0.05) is 25.0 Å². The molecule has 0 amide bonds. The second-order valence-electron chi connectivity index (χ2n) is 5.95. The van der Waals surface area contributed by atoms with Crippen molar-refractivity contribution in [3.05, 3.63) is 35.5 Å². The molecule has 0 radical (unpaired) electrons. The van der Waals surface area contributed by atoms with Gasteiger partial charge in [0.25, 0.3) is 0 Å². The molecule has 108 valence electrons. The highest BCUT2D eigenvalue weighted by Crippen LogP contribution is 2.38. The quantitative estimate of drug-likeness (QED) is 0.757. The molecule has 0 bridgehead atoms. The van der Waals surface area contributed by atoms with Crippen LogP contribution in [0.15, 0.2) is 24.3 Å². The van der Waals surface area contributed by atoms with Crippen LogP contribution >= 0.6 is 0 Å². The summed E-state index contributed by atoms with van der Waals surface area (Å²) in [6.45, 7) is 2.08. The van der Waals surface area contributed by atoms with Crippen LogP contribution in [0.5, 0.6) is 0 Å². The Hall–Kier alpha value is -2.30. The van der Waals surface area contributed by atoms with E-state index in [1.54, 1.807) is 0 Å². The van der Waals surface area contributed by atoms with Crippen molar-refractivity contribution >= 4 is 16.9 Å². The van der Waals surface area contributed by atoms with Gasteiger partial charge in [0, 0.05) is 5.92 Å². The Balaban J connectivity index is 1.94. The standard InChI is InChI=1S/C16H19N5/c1-10-5-4-8-12(9-10)21-16-13(15(17)18-19-16)14(20-21)11-6-2-3-7-11/h4-5,8-9,11H,2-3,6-7H2,1H3,(H3,17,18,19). The van der Waals surface area contributed by atoms with Gasteiger partial charge in [0.15, 0.2) is 5.65 Å². The van der Waals surface area contributed by atoms with Crippen LogP contribution in [-0.4, -0.2) is 20.0 Å². The maximum atomic E-state index is 6.09. The topological polar surface area (TPSA) is 72.5 Å². The number of rotatable bonds is 2. The lowest BCUT2D eigenvalue weighted by molar-refractivity contribution is 0.682. The van der Waals surface area contributed by atoms with E-state index in [9.17, 15) is 0 Å². The molecule has 0 atom stereocenters. The van der Waals surface area contributed by atoms with Crippen LogP contribution in [0.25, 0.3) is 16.7 Å². The van der Waals surface area contributed by atoms with Crippen LogP contribution in [0.2, 0.25) is 0 Å². The highest BCUT2D eigenvalue weighted by molar-refractivity contribution is 5.90. The van der Waals surface area contributed by atoms with Gasteiger partial charge < -0.3 is 5.73 Å². The van der Waals surface area contributed by atoms with Gasteiger partial charge in [-0.15, -0.1) is 0 Å². The van der Waals surface area contributed by atoms with Gasteiger partial charge in [-0.05, 0) is 37.5 Å². The van der Waals surface area contributed by atoms with E-state index in [1.807, 2.05) is 10.7 Å². The van der Waals surface area contributed by atoms with Gasteiger partial charge in [0.1, 0.15) is 5.82 Å². The zero-order chi connectivity index (χ0) is 14.4. The first-order chi connectivity index (χ1) is 10.2. The largest absolute Gasteiger partial charge is 0.383 e. The number of aryl methyl sites for hydroxylation is 1. The van der Waals surface area contributed by atoms with Crippen LogP contribution in [0, 0.1) is 6.92 Å². The molecule has 2 heterocycles. The summed E-state index contributed by atoms with van der Waals surface area (Å²) >= 11 is 0. The smallest absolute Gasteiger partial charge is 0.186 e. The van der Waals surface area contributed by atoms with Crippen molar-refractivity contribution in [2.45, 2.75) is 38.5 Å². The fourth-order valence-corrected chi connectivity index (χ4v) is 3.38. The number of nitrogens with one attached hydrogen (secondary N) is 1. The van der Waals surface area contributed by atoms with E-state index in [4.69, 9.17) is 10.8 Å². The van der Waals surface area contributed by atoms with Crippen molar-refractivity contribution in [2.75, 3.05) is 5.73 Å². The maximum absolute atomic E-state index is 6.09. The van der Waals surface area contributed by atoms with E-state index in [0.29, 0.717) is 11.7 Å². The van der Waals surface area contributed by atoms with E-state index in [2.05, 4.69) is 35.3 Å². The number of fused-ring (bicyclic) bond motifs is 1. The second kappa shape index (κ2) is 4.62. The first kappa shape index (κ1) is 12.4. The molecule has 1 aliphatic rings. The monoisotopic (exact) mass is 281 g/mol. The Kier molecular flexibility index (Phi) is 2.74. The van der Waals surface area contributed by atoms with Crippen molar-refractivity contribution in [2.24, 2.45) is 0 Å². The number of nitrogens with two attached hydrogens (primary N) is 1. The number of H-pyrrole nitrogens is 1. The SMILES string of the molecule is Cc1cccc(-n2nc(C3CCCC3)c3c(N)[nH]nc32)c1. The maximum Gasteiger partial charge on any atom is 0.186 e. The van der Waals surface area contributed by atoms with Crippen LogP contribution in [0.3, 0.4) is 0 Å². The molecule has 0 saturated heterocycles. The molecule has 5 nitrogen and oxygen atoms in total. The molecule has 21 heavy (non-hydrogen) atoms. The predicted octanol–water partition coefficient (Wildman–Crippen LogP) is 3.30. The first-order valence-corrected chi connectivity index (χ1v) is 7.53. The molecule has 4 rings (SSSR count). The Morgan fingerprint density at radius 2 is 2.10 bits per heavy atom.